The molecule has 0 saturated carbocycles. The van der Waals surface area contributed by atoms with Crippen LogP contribution in [0.15, 0.2) is 73.3 Å². The second-order valence-corrected chi connectivity index (χ2v) is 5.56. The fraction of sp³-hybridized carbons (Fsp3) is 0.200. The maximum Gasteiger partial charge on any atom is 0.324 e. The molecule has 3 N–H and O–H groups in total. The van der Waals surface area contributed by atoms with Gasteiger partial charge in [-0.3, -0.25) is 14.9 Å². The van der Waals surface area contributed by atoms with Crippen molar-refractivity contribution in [1.82, 2.24) is 5.32 Å². The molecule has 25 heavy (non-hydrogen) atoms. The molecule has 0 spiro atoms. The average molecular weight is 338 g/mol. The van der Waals surface area contributed by atoms with Crippen LogP contribution < -0.4 is 11.1 Å². The van der Waals surface area contributed by atoms with E-state index in [-0.39, 0.29) is 19.1 Å². The van der Waals surface area contributed by atoms with Gasteiger partial charge in [0.25, 0.3) is 0 Å². The molecule has 0 fully saturated rings. The summed E-state index contributed by atoms with van der Waals surface area (Å²) in [6.07, 6.45) is 1.33. The summed E-state index contributed by atoms with van der Waals surface area (Å²) in [4.78, 5) is 23.7. The third-order valence-corrected chi connectivity index (χ3v) is 3.67. The minimum Gasteiger partial charge on any atom is -0.460 e. The molecule has 2 aromatic carbocycles. The smallest absolute Gasteiger partial charge is 0.324 e. The molecule has 0 bridgehead atoms. The number of hydrogen-bond acceptors (Lipinski definition) is 4. The summed E-state index contributed by atoms with van der Waals surface area (Å²) in [5.74, 6) is -1.11. The Kier molecular flexibility index (Phi) is 6.92. The fourth-order valence-electron chi connectivity index (χ4n) is 2.53. The van der Waals surface area contributed by atoms with E-state index in [1.54, 1.807) is 0 Å². The van der Waals surface area contributed by atoms with Crippen molar-refractivity contribution < 1.29 is 14.3 Å². The van der Waals surface area contributed by atoms with E-state index >= 15 is 0 Å². The monoisotopic (exact) mass is 338 g/mol. The molecule has 0 aliphatic carbocycles. The van der Waals surface area contributed by atoms with E-state index in [0.717, 1.165) is 11.1 Å². The molecule has 2 rings (SSSR count). The van der Waals surface area contributed by atoms with Gasteiger partial charge in [0.1, 0.15) is 12.6 Å². The van der Waals surface area contributed by atoms with Crippen molar-refractivity contribution in [2.24, 2.45) is 5.73 Å². The van der Waals surface area contributed by atoms with Gasteiger partial charge in [-0.15, -0.1) is 0 Å². The Labute approximate surface area is 147 Å². The largest absolute Gasteiger partial charge is 0.460 e. The number of nitrogens with two attached hydrogens (primary N) is 1. The molecule has 0 saturated heterocycles. The molecule has 5 heteroatoms. The van der Waals surface area contributed by atoms with Gasteiger partial charge in [-0.05, 0) is 11.1 Å². The van der Waals surface area contributed by atoms with E-state index in [2.05, 4.69) is 11.9 Å². The number of amides is 1. The predicted molar refractivity (Wildman–Crippen MR) is 96.6 cm³/mol. The van der Waals surface area contributed by atoms with Crippen molar-refractivity contribution in [3.8, 4) is 0 Å². The van der Waals surface area contributed by atoms with Crippen molar-refractivity contribution >= 4 is 11.9 Å². The number of rotatable bonds is 9. The van der Waals surface area contributed by atoms with E-state index in [9.17, 15) is 9.59 Å². The second kappa shape index (κ2) is 9.39. The molecule has 1 amide bonds. The van der Waals surface area contributed by atoms with Crippen LogP contribution >= 0.6 is 0 Å². The van der Waals surface area contributed by atoms with Crippen molar-refractivity contribution in [1.29, 1.82) is 0 Å². The summed E-state index contributed by atoms with van der Waals surface area (Å²) in [6, 6.07) is 18.3. The van der Waals surface area contributed by atoms with Crippen LogP contribution in [0.5, 0.6) is 0 Å². The zero-order valence-electron chi connectivity index (χ0n) is 13.9. The van der Waals surface area contributed by atoms with E-state index in [1.165, 1.54) is 6.08 Å². The van der Waals surface area contributed by atoms with Crippen LogP contribution in [0.3, 0.4) is 0 Å². The summed E-state index contributed by atoms with van der Waals surface area (Å²) >= 11 is 0. The maximum absolute atomic E-state index is 12.3. The third-order valence-electron chi connectivity index (χ3n) is 3.67. The standard InChI is InChI=1S/C20H22N2O3/c1-2-13-25-20(24)17(14-18(21)23)22-19(15-9-5-3-6-10-15)16-11-7-4-8-12-16/h2-12,17,19,22H,1,13-14H2,(H2,21,23)/t17-/m0/s1. The predicted octanol–water partition coefficient (Wildman–Crippen LogP) is 2.34. The highest BCUT2D eigenvalue weighted by Gasteiger charge is 2.26. The van der Waals surface area contributed by atoms with Crippen LogP contribution in [0.4, 0.5) is 0 Å². The molecule has 2 aromatic rings. The van der Waals surface area contributed by atoms with E-state index in [4.69, 9.17) is 10.5 Å². The molecule has 0 unspecified atom stereocenters. The number of hydrogen-bond donors (Lipinski definition) is 2. The lowest BCUT2D eigenvalue weighted by atomic mass is 9.97. The van der Waals surface area contributed by atoms with Crippen LogP contribution in [0.1, 0.15) is 23.6 Å². The zero-order chi connectivity index (χ0) is 18.1. The Morgan fingerprint density at radius 1 is 1.04 bits per heavy atom. The number of nitrogens with one attached hydrogen (secondary N) is 1. The molecule has 1 atom stereocenters. The van der Waals surface area contributed by atoms with Gasteiger partial charge in [-0.1, -0.05) is 73.3 Å². The molecule has 5 nitrogen and oxygen atoms in total. The first-order valence-electron chi connectivity index (χ1n) is 8.03. The average Bonchev–Trinajstić information content (AvgIpc) is 2.64. The van der Waals surface area contributed by atoms with Gasteiger partial charge in [0.05, 0.1) is 12.5 Å². The Morgan fingerprint density at radius 2 is 1.56 bits per heavy atom. The van der Waals surface area contributed by atoms with E-state index in [0.29, 0.717) is 0 Å². The Morgan fingerprint density at radius 3 is 2.00 bits per heavy atom. The lowest BCUT2D eigenvalue weighted by molar-refractivity contribution is -0.146. The molecular weight excluding hydrogens is 316 g/mol. The quantitative estimate of drug-likeness (QED) is 0.543. The van der Waals surface area contributed by atoms with Gasteiger partial charge in [0, 0.05) is 0 Å². The lowest BCUT2D eigenvalue weighted by Crippen LogP contribution is -2.43. The van der Waals surface area contributed by atoms with E-state index in [1.807, 2.05) is 60.7 Å². The van der Waals surface area contributed by atoms with Gasteiger partial charge >= 0.3 is 5.97 Å². The van der Waals surface area contributed by atoms with Gasteiger partial charge in [-0.25, -0.2) is 0 Å². The summed E-state index contributed by atoms with van der Waals surface area (Å²) in [6.45, 7) is 3.60. The van der Waals surface area contributed by atoms with E-state index < -0.39 is 17.9 Å². The topological polar surface area (TPSA) is 81.4 Å². The maximum atomic E-state index is 12.3. The highest BCUT2D eigenvalue weighted by atomic mass is 16.5. The molecule has 0 aliphatic heterocycles. The van der Waals surface area contributed by atoms with Gasteiger partial charge in [-0.2, -0.15) is 0 Å². The van der Waals surface area contributed by atoms with Crippen LogP contribution in [0.25, 0.3) is 0 Å². The van der Waals surface area contributed by atoms with Crippen molar-refractivity contribution in [2.75, 3.05) is 6.61 Å². The number of carbonyl (C=O) groups is 2. The first-order valence-corrected chi connectivity index (χ1v) is 8.03. The number of esters is 1. The second-order valence-electron chi connectivity index (χ2n) is 5.56. The highest BCUT2D eigenvalue weighted by molar-refractivity contribution is 5.84. The molecule has 0 aliphatic rings. The number of primary amides is 1. The van der Waals surface area contributed by atoms with Gasteiger partial charge in [0.15, 0.2) is 0 Å². The fourth-order valence-corrected chi connectivity index (χ4v) is 2.53. The van der Waals surface area contributed by atoms with Crippen LogP contribution in [-0.2, 0) is 14.3 Å². The van der Waals surface area contributed by atoms with Gasteiger partial charge < -0.3 is 10.5 Å². The lowest BCUT2D eigenvalue weighted by Gasteiger charge is -2.25. The summed E-state index contributed by atoms with van der Waals surface area (Å²) in [5.41, 5.74) is 7.25. The van der Waals surface area contributed by atoms with Crippen LogP contribution in [0, 0.1) is 0 Å². The van der Waals surface area contributed by atoms with Gasteiger partial charge in [0.2, 0.25) is 5.91 Å². The molecule has 0 aromatic heterocycles. The Hall–Kier alpha value is -2.92. The summed E-state index contributed by atoms with van der Waals surface area (Å²) < 4.78 is 5.10. The SMILES string of the molecule is C=CCOC(=O)[C@H](CC(N)=O)NC(c1ccccc1)c1ccccc1. The Bertz CT molecular complexity index is 662. The molecule has 130 valence electrons. The Balaban J connectivity index is 2.30. The minimum absolute atomic E-state index is 0.0805. The van der Waals surface area contributed by atoms with Crippen molar-refractivity contribution in [3.63, 3.8) is 0 Å². The van der Waals surface area contributed by atoms with Crippen LogP contribution in [0.2, 0.25) is 0 Å². The number of benzene rings is 2. The highest BCUT2D eigenvalue weighted by Crippen LogP contribution is 2.23. The normalized spacial score (nSPS) is 11.7. The summed E-state index contributed by atoms with van der Waals surface area (Å²) in [7, 11) is 0. The number of carbonyl (C=O) groups excluding carboxylic acids is 2. The van der Waals surface area contributed by atoms with Crippen molar-refractivity contribution in [3.05, 3.63) is 84.4 Å². The van der Waals surface area contributed by atoms with Crippen molar-refractivity contribution in [2.45, 2.75) is 18.5 Å². The third kappa shape index (κ3) is 5.58. The molecule has 0 heterocycles. The summed E-state index contributed by atoms with van der Waals surface area (Å²) in [5, 5.41) is 3.22. The molecular formula is C20H22N2O3. The number of ether oxygens (including phenoxy) is 1. The zero-order valence-corrected chi connectivity index (χ0v) is 13.9. The van der Waals surface area contributed by atoms with Crippen LogP contribution in [-0.4, -0.2) is 24.5 Å². The minimum atomic E-state index is -0.845. The first-order chi connectivity index (χ1) is 12.1. The molecule has 0 radical (unpaired) electrons. The first kappa shape index (κ1) is 18.4.